The molecule has 0 bridgehead atoms. The average Bonchev–Trinajstić information content (AvgIpc) is 2.02. The van der Waals surface area contributed by atoms with Crippen LogP contribution in [0.1, 0.15) is 35.0 Å². The minimum atomic E-state index is -0.729. The Kier molecular flexibility index (Phi) is 2.37. The van der Waals surface area contributed by atoms with E-state index in [1.807, 2.05) is 20.8 Å². The molecule has 3 heteroatoms. The van der Waals surface area contributed by atoms with Crippen molar-refractivity contribution in [3.8, 4) is 0 Å². The van der Waals surface area contributed by atoms with E-state index in [0.717, 1.165) is 0 Å². The maximum Gasteiger partial charge on any atom is 0.303 e. The van der Waals surface area contributed by atoms with Gasteiger partial charge in [-0.25, -0.2) is 0 Å². The Morgan fingerprint density at radius 3 is 2.91 bits per heavy atom. The zero-order valence-electron chi connectivity index (χ0n) is 10.3. The summed E-state index contributed by atoms with van der Waals surface area (Å²) in [5, 5.41) is 4.95. The Hall–Kier alpha value is -0.570. The van der Waals surface area contributed by atoms with E-state index in [9.17, 15) is 4.79 Å². The molecule has 0 aromatic heterocycles. The minimum Gasteiger partial charge on any atom is -0.481 e. The normalized spacial score (nSPS) is 18.4. The summed E-state index contributed by atoms with van der Waals surface area (Å²) in [5.41, 5.74) is -0.343. The first kappa shape index (κ1) is 6.00. The van der Waals surface area contributed by atoms with Crippen LogP contribution in [0.3, 0.4) is 0 Å². The molecule has 1 unspecified atom stereocenters. The van der Waals surface area contributed by atoms with Crippen molar-refractivity contribution in [1.82, 2.24) is 5.31 Å². The SMILES string of the molecule is [2H]OC(=O)CC([2H])CN([2H])C(C)(C)C. The van der Waals surface area contributed by atoms with Gasteiger partial charge in [-0.15, -0.1) is 0 Å². The topological polar surface area (TPSA) is 49.3 Å². The molecule has 2 N–H and O–H groups in total. The third-order valence-electron chi connectivity index (χ3n) is 1.01. The van der Waals surface area contributed by atoms with Gasteiger partial charge in [-0.3, -0.25) is 4.79 Å². The molecule has 3 nitrogen and oxygen atoms in total. The van der Waals surface area contributed by atoms with Crippen LogP contribution >= 0.6 is 0 Å². The number of carboxylic acids is 1. The lowest BCUT2D eigenvalue weighted by Gasteiger charge is -2.19. The lowest BCUT2D eigenvalue weighted by molar-refractivity contribution is -0.137. The molecule has 0 saturated carbocycles. The lowest BCUT2D eigenvalue weighted by atomic mass is 10.1. The van der Waals surface area contributed by atoms with Gasteiger partial charge in [0.15, 0.2) is 0 Å². The molecular formula is C8H17NO2. The van der Waals surface area contributed by atoms with E-state index in [1.165, 1.54) is 5.31 Å². The summed E-state index contributed by atoms with van der Waals surface area (Å²) in [6.45, 7) is 5.74. The molecule has 0 saturated heterocycles. The maximum absolute atomic E-state index is 10.6. The van der Waals surface area contributed by atoms with E-state index in [-0.39, 0.29) is 18.5 Å². The predicted molar refractivity (Wildman–Crippen MR) is 44.6 cm³/mol. The van der Waals surface area contributed by atoms with Crippen LogP contribution in [0.15, 0.2) is 0 Å². The highest BCUT2D eigenvalue weighted by Crippen LogP contribution is 1.98. The van der Waals surface area contributed by atoms with Gasteiger partial charge in [0.1, 0.15) is 1.41 Å². The van der Waals surface area contributed by atoms with Crippen LogP contribution in [0.25, 0.3) is 1.43 Å². The molecule has 0 aromatic carbocycles. The second-order valence-electron chi connectivity index (χ2n) is 3.38. The fraction of sp³-hybridized carbons (Fsp3) is 0.875. The fourth-order valence-corrected chi connectivity index (χ4v) is 0.521. The molecule has 0 fully saturated rings. The Balaban J connectivity index is 3.94. The quantitative estimate of drug-likeness (QED) is 0.654. The lowest BCUT2D eigenvalue weighted by Crippen LogP contribution is -2.36. The van der Waals surface area contributed by atoms with Gasteiger partial charge >= 0.3 is 5.97 Å². The molecule has 0 amide bonds. The van der Waals surface area contributed by atoms with Crippen molar-refractivity contribution in [3.05, 3.63) is 0 Å². The fourth-order valence-electron chi connectivity index (χ4n) is 0.521. The van der Waals surface area contributed by atoms with E-state index >= 15 is 0 Å². The highest BCUT2D eigenvalue weighted by atomic mass is 16.4. The Labute approximate surface area is 72.2 Å². The monoisotopic (exact) mass is 162 g/mol. The second-order valence-corrected chi connectivity index (χ2v) is 3.38. The summed E-state index contributed by atoms with van der Waals surface area (Å²) in [6.07, 6.45) is -0.862. The van der Waals surface area contributed by atoms with Gasteiger partial charge in [-0.1, -0.05) is 0 Å². The van der Waals surface area contributed by atoms with Gasteiger partial charge in [0.25, 0.3) is 1.43 Å². The Bertz CT molecular complexity index is 194. The standard InChI is InChI=1S/C8H17NO2/c1-8(2,3)9-6-4-5-7(10)11/h9H,4-6H2,1-3H3,(H,10,11)/i4D/hD2. The summed E-state index contributed by atoms with van der Waals surface area (Å²) in [6, 6.07) is 0. The third-order valence-corrected chi connectivity index (χ3v) is 1.01. The summed E-state index contributed by atoms with van der Waals surface area (Å²) in [4.78, 5) is 10.6. The number of hydrogen-bond acceptors (Lipinski definition) is 3. The zero-order valence-corrected chi connectivity index (χ0v) is 7.26. The zero-order chi connectivity index (χ0) is 11.4. The van der Waals surface area contributed by atoms with Crippen molar-refractivity contribution < 1.29 is 12.7 Å². The molecule has 0 rings (SSSR count). The summed E-state index contributed by atoms with van der Waals surface area (Å²) >= 11 is 0. The molecule has 0 radical (unpaired) electrons. The number of aliphatic carboxylic acids is 1. The molecule has 0 aromatic rings. The summed E-state index contributed by atoms with van der Waals surface area (Å²) in [5.74, 6) is -0.729. The van der Waals surface area contributed by atoms with E-state index in [2.05, 4.69) is 5.11 Å². The molecule has 0 aliphatic heterocycles. The third kappa shape index (κ3) is 9.43. The Morgan fingerprint density at radius 1 is 1.82 bits per heavy atom. The van der Waals surface area contributed by atoms with Crippen LogP contribution in [0, 0.1) is 0 Å². The maximum atomic E-state index is 10.6. The first-order chi connectivity index (χ1) is 6.27. The van der Waals surface area contributed by atoms with Crippen LogP contribution in [0.5, 0.6) is 0 Å². The molecule has 0 spiro atoms. The highest BCUT2D eigenvalue weighted by Gasteiger charge is 2.07. The number of rotatable bonds is 4. The number of carbonyl (C=O) groups is 1. The van der Waals surface area contributed by atoms with Crippen molar-refractivity contribution in [2.24, 2.45) is 0 Å². The van der Waals surface area contributed by atoms with Crippen LogP contribution in [0.4, 0.5) is 0 Å². The molecule has 1 atom stereocenters. The van der Waals surface area contributed by atoms with E-state index in [1.54, 1.807) is 0 Å². The van der Waals surface area contributed by atoms with E-state index in [4.69, 9.17) is 4.21 Å². The largest absolute Gasteiger partial charge is 0.481 e. The van der Waals surface area contributed by atoms with Crippen LogP contribution in [-0.4, -0.2) is 23.2 Å². The van der Waals surface area contributed by atoms with Gasteiger partial charge in [0, 0.05) is 13.3 Å². The summed E-state index contributed by atoms with van der Waals surface area (Å²) < 4.78 is 21.4. The minimum absolute atomic E-state index is 0.144. The molecule has 0 aliphatic rings. The van der Waals surface area contributed by atoms with Crippen LogP contribution in [-0.2, 0) is 4.79 Å². The van der Waals surface area contributed by atoms with Crippen LogP contribution in [0.2, 0.25) is 1.41 Å². The molecule has 0 heterocycles. The van der Waals surface area contributed by atoms with Gasteiger partial charge in [-0.2, -0.15) is 0 Å². The first-order valence-corrected chi connectivity index (χ1v) is 3.62. The van der Waals surface area contributed by atoms with Gasteiger partial charge < -0.3 is 10.4 Å². The van der Waals surface area contributed by atoms with Crippen molar-refractivity contribution >= 4 is 5.97 Å². The second kappa shape index (κ2) is 4.34. The number of carboxylic acid groups (broad SMARTS) is 1. The molecule has 11 heavy (non-hydrogen) atoms. The molecule has 66 valence electrons. The van der Waals surface area contributed by atoms with Gasteiger partial charge in [0.05, 0.1) is 0 Å². The van der Waals surface area contributed by atoms with E-state index in [0.29, 0.717) is 0 Å². The smallest absolute Gasteiger partial charge is 0.303 e. The first-order valence-electron chi connectivity index (χ1n) is 5.05. The molecular weight excluding hydrogens is 142 g/mol. The Morgan fingerprint density at radius 2 is 2.45 bits per heavy atom. The van der Waals surface area contributed by atoms with Gasteiger partial charge in [0.2, 0.25) is 0 Å². The van der Waals surface area contributed by atoms with Crippen LogP contribution < -0.4 is 5.31 Å². The van der Waals surface area contributed by atoms with E-state index < -0.39 is 12.4 Å². The highest BCUT2D eigenvalue weighted by molar-refractivity contribution is 5.66. The van der Waals surface area contributed by atoms with Gasteiger partial charge in [-0.05, 0) is 33.7 Å². The predicted octanol–water partition coefficient (Wildman–Crippen LogP) is 1.24. The van der Waals surface area contributed by atoms with Crippen molar-refractivity contribution in [1.29, 1.82) is 1.43 Å². The number of nitrogens with one attached hydrogen (secondary N) is 1. The number of hydrogen-bond donors (Lipinski definition) is 2. The molecule has 0 aliphatic carbocycles. The van der Waals surface area contributed by atoms with Crippen molar-refractivity contribution in [2.75, 3.05) is 6.54 Å². The summed E-state index contributed by atoms with van der Waals surface area (Å²) in [7, 11) is 0. The van der Waals surface area contributed by atoms with Crippen molar-refractivity contribution in [2.45, 2.75) is 39.1 Å². The average molecular weight is 162 g/mol. The van der Waals surface area contributed by atoms with Crippen molar-refractivity contribution in [3.63, 3.8) is 0 Å².